The average Bonchev–Trinajstić information content (AvgIpc) is 2.76. The van der Waals surface area contributed by atoms with E-state index in [0.717, 1.165) is 12.8 Å². The Balaban J connectivity index is 1.79. The van der Waals surface area contributed by atoms with Crippen molar-refractivity contribution >= 4 is 5.97 Å². The Kier molecular flexibility index (Phi) is 8.00. The molecule has 0 saturated heterocycles. The summed E-state index contributed by atoms with van der Waals surface area (Å²) >= 11 is 0. The van der Waals surface area contributed by atoms with E-state index in [4.69, 9.17) is 9.84 Å². The normalized spacial score (nSPS) is 34.2. The van der Waals surface area contributed by atoms with Gasteiger partial charge < -0.3 is 9.84 Å². The van der Waals surface area contributed by atoms with Crippen LogP contribution >= 0.6 is 0 Å². The molecule has 0 amide bonds. The Morgan fingerprint density at radius 3 is 2.58 bits per heavy atom. The summed E-state index contributed by atoms with van der Waals surface area (Å²) in [6.45, 7) is -0.649. The number of ether oxygens (including phenoxy) is 1. The smallest absolute Gasteiger partial charge is 0.412 e. The van der Waals surface area contributed by atoms with Gasteiger partial charge in [0, 0.05) is 19.1 Å². The first kappa shape index (κ1) is 24.0. The fourth-order valence-electron chi connectivity index (χ4n) is 5.71. The molecule has 0 spiro atoms. The van der Waals surface area contributed by atoms with E-state index in [9.17, 15) is 22.4 Å². The van der Waals surface area contributed by atoms with E-state index in [1.54, 1.807) is 7.11 Å². The van der Waals surface area contributed by atoms with Crippen LogP contribution in [-0.4, -0.2) is 37.1 Å². The Labute approximate surface area is 181 Å². The lowest BCUT2D eigenvalue weighted by molar-refractivity contribution is -0.137. The van der Waals surface area contributed by atoms with Gasteiger partial charge in [0.15, 0.2) is 0 Å². The van der Waals surface area contributed by atoms with Gasteiger partial charge in [0.05, 0.1) is 6.10 Å². The number of halogens is 4. The number of carboxylic acid groups (broad SMARTS) is 1. The maximum atomic E-state index is 14.0. The molecule has 3 aliphatic rings. The van der Waals surface area contributed by atoms with E-state index in [1.807, 2.05) is 12.2 Å². The standard InChI is InChI=1S/C24H32F4O3/c1-31-20-7-9-21(17(13-20)6-10-23(29)30)16-5-8-22(18(11-16)14-25)15-3-2-4-19(12-15)24(26,27)28/h7,9,11-12,15-17,20-22H,2-6,8,10,13-14H2,1H3,(H,29,30). The Morgan fingerprint density at radius 2 is 1.94 bits per heavy atom. The lowest BCUT2D eigenvalue weighted by Gasteiger charge is -2.40. The number of hydrogen-bond acceptors (Lipinski definition) is 2. The summed E-state index contributed by atoms with van der Waals surface area (Å²) in [5, 5.41) is 9.11. The highest BCUT2D eigenvalue weighted by molar-refractivity contribution is 5.66. The first-order valence-corrected chi connectivity index (χ1v) is 11.2. The molecular weight excluding hydrogens is 412 g/mol. The minimum absolute atomic E-state index is 0.0445. The second-order valence-corrected chi connectivity index (χ2v) is 9.13. The monoisotopic (exact) mass is 444 g/mol. The fraction of sp³-hybridized carbons (Fsp3) is 0.708. The molecule has 1 N–H and O–H groups in total. The molecule has 6 unspecified atom stereocenters. The molecule has 0 saturated carbocycles. The Hall–Kier alpha value is -1.63. The first-order chi connectivity index (χ1) is 14.7. The Morgan fingerprint density at radius 1 is 1.16 bits per heavy atom. The average molecular weight is 445 g/mol. The molecule has 0 aromatic rings. The van der Waals surface area contributed by atoms with Crippen molar-refractivity contribution in [2.75, 3.05) is 13.8 Å². The lowest BCUT2D eigenvalue weighted by atomic mass is 9.66. The molecule has 3 aliphatic carbocycles. The zero-order valence-electron chi connectivity index (χ0n) is 17.9. The predicted molar refractivity (Wildman–Crippen MR) is 110 cm³/mol. The summed E-state index contributed by atoms with van der Waals surface area (Å²) in [7, 11) is 1.63. The van der Waals surface area contributed by atoms with Gasteiger partial charge in [0.2, 0.25) is 0 Å². The van der Waals surface area contributed by atoms with Crippen molar-refractivity contribution < 1.29 is 32.2 Å². The van der Waals surface area contributed by atoms with Gasteiger partial charge in [-0.15, -0.1) is 0 Å². The van der Waals surface area contributed by atoms with Crippen molar-refractivity contribution in [3.8, 4) is 0 Å². The van der Waals surface area contributed by atoms with Crippen LogP contribution in [0.2, 0.25) is 0 Å². The van der Waals surface area contributed by atoms with Gasteiger partial charge in [-0.2, -0.15) is 13.2 Å². The zero-order chi connectivity index (χ0) is 22.6. The summed E-state index contributed by atoms with van der Waals surface area (Å²) in [6, 6.07) is 0. The van der Waals surface area contributed by atoms with E-state index < -0.39 is 24.4 Å². The largest absolute Gasteiger partial charge is 0.481 e. The van der Waals surface area contributed by atoms with E-state index in [1.165, 1.54) is 6.08 Å². The van der Waals surface area contributed by atoms with Gasteiger partial charge in [0.1, 0.15) is 6.67 Å². The predicted octanol–water partition coefficient (Wildman–Crippen LogP) is 6.27. The van der Waals surface area contributed by atoms with E-state index in [2.05, 4.69) is 6.08 Å². The van der Waals surface area contributed by atoms with Crippen molar-refractivity contribution in [2.45, 2.75) is 63.6 Å². The van der Waals surface area contributed by atoms with E-state index >= 15 is 0 Å². The summed E-state index contributed by atoms with van der Waals surface area (Å²) in [4.78, 5) is 11.1. The molecular formula is C24H32F4O3. The molecule has 0 aromatic carbocycles. The van der Waals surface area contributed by atoms with Crippen LogP contribution in [0.4, 0.5) is 17.6 Å². The van der Waals surface area contributed by atoms with Gasteiger partial charge in [-0.1, -0.05) is 24.3 Å². The molecule has 174 valence electrons. The van der Waals surface area contributed by atoms with Crippen LogP contribution in [0.15, 0.2) is 35.5 Å². The topological polar surface area (TPSA) is 46.5 Å². The highest BCUT2D eigenvalue weighted by Gasteiger charge is 2.39. The van der Waals surface area contributed by atoms with Gasteiger partial charge >= 0.3 is 12.1 Å². The summed E-state index contributed by atoms with van der Waals surface area (Å²) < 4.78 is 59.0. The fourth-order valence-corrected chi connectivity index (χ4v) is 5.71. The summed E-state index contributed by atoms with van der Waals surface area (Å²) in [5.41, 5.74) is 0.138. The second kappa shape index (κ2) is 10.3. The molecule has 3 rings (SSSR count). The molecule has 0 fully saturated rings. The number of allylic oxidation sites excluding steroid dienone is 5. The number of rotatable bonds is 7. The van der Waals surface area contributed by atoms with Crippen LogP contribution in [0.1, 0.15) is 51.4 Å². The van der Waals surface area contributed by atoms with Crippen LogP contribution in [-0.2, 0) is 9.53 Å². The highest BCUT2D eigenvalue weighted by atomic mass is 19.4. The number of methoxy groups -OCH3 is 1. The van der Waals surface area contributed by atoms with Crippen molar-refractivity contribution in [1.82, 2.24) is 0 Å². The van der Waals surface area contributed by atoms with Gasteiger partial charge in [-0.3, -0.25) is 4.79 Å². The van der Waals surface area contributed by atoms with E-state index in [-0.39, 0.29) is 48.5 Å². The molecule has 0 heterocycles. The number of carboxylic acids is 1. The lowest BCUT2D eigenvalue weighted by Crippen LogP contribution is -2.33. The highest BCUT2D eigenvalue weighted by Crippen LogP contribution is 2.46. The molecule has 0 radical (unpaired) electrons. The molecule has 6 atom stereocenters. The van der Waals surface area contributed by atoms with Crippen molar-refractivity contribution in [1.29, 1.82) is 0 Å². The minimum atomic E-state index is -4.31. The maximum Gasteiger partial charge on any atom is 0.412 e. The third-order valence-corrected chi connectivity index (χ3v) is 7.30. The zero-order valence-corrected chi connectivity index (χ0v) is 17.9. The maximum absolute atomic E-state index is 14.0. The van der Waals surface area contributed by atoms with Gasteiger partial charge in [0.25, 0.3) is 0 Å². The van der Waals surface area contributed by atoms with Crippen LogP contribution < -0.4 is 0 Å². The molecule has 0 aromatic heterocycles. The summed E-state index contributed by atoms with van der Waals surface area (Å²) in [6.07, 6.45) is 6.96. The van der Waals surface area contributed by atoms with Gasteiger partial charge in [-0.25, -0.2) is 4.39 Å². The van der Waals surface area contributed by atoms with Crippen molar-refractivity contribution in [2.24, 2.45) is 29.6 Å². The molecule has 0 aliphatic heterocycles. The molecule has 7 heteroatoms. The number of aliphatic carboxylic acids is 1. The van der Waals surface area contributed by atoms with Crippen LogP contribution in [0.25, 0.3) is 0 Å². The third-order valence-electron chi connectivity index (χ3n) is 7.30. The van der Waals surface area contributed by atoms with Crippen LogP contribution in [0.3, 0.4) is 0 Å². The Bertz CT molecular complexity index is 725. The first-order valence-electron chi connectivity index (χ1n) is 11.2. The minimum Gasteiger partial charge on any atom is -0.481 e. The number of alkyl halides is 4. The van der Waals surface area contributed by atoms with Crippen LogP contribution in [0.5, 0.6) is 0 Å². The van der Waals surface area contributed by atoms with Crippen LogP contribution in [0, 0.1) is 29.6 Å². The van der Waals surface area contributed by atoms with Crippen molar-refractivity contribution in [3.63, 3.8) is 0 Å². The molecule has 31 heavy (non-hydrogen) atoms. The summed E-state index contributed by atoms with van der Waals surface area (Å²) in [5.74, 6) is -0.997. The van der Waals surface area contributed by atoms with Gasteiger partial charge in [-0.05, 0) is 80.1 Å². The third kappa shape index (κ3) is 5.99. The van der Waals surface area contributed by atoms with E-state index in [0.29, 0.717) is 31.3 Å². The second-order valence-electron chi connectivity index (χ2n) is 9.13. The number of hydrogen-bond donors (Lipinski definition) is 1. The SMILES string of the molecule is COC1C=CC(C2C=C(CF)C(C3C=C(C(F)(F)F)CCC3)CC2)C(CCC(=O)O)C1. The molecule has 0 bridgehead atoms. The quantitative estimate of drug-likeness (QED) is 0.372. The molecule has 3 nitrogen and oxygen atoms in total. The van der Waals surface area contributed by atoms with Crippen molar-refractivity contribution in [3.05, 3.63) is 35.5 Å². The number of carbonyl (C=O) groups is 1.